The second-order valence-corrected chi connectivity index (χ2v) is 96.1. The fraction of sp³-hybridized carbons (Fsp3) is 0.552. The molecule has 0 amide bonds. The first-order valence-electron chi connectivity index (χ1n) is 30.0. The van der Waals surface area contributed by atoms with Crippen LogP contribution in [0.2, 0.25) is 30.2 Å². The van der Waals surface area contributed by atoms with Gasteiger partial charge in [0.2, 0.25) is 0 Å². The standard InChI is InChI=1S/C14H22O2Si.2C14H24O2Si.C7H8O.C6H6O2.5C2H6.2CH3I.7HI.3V/c1-13(2,3)17(14(4,5)6)15-11-9-7-8-10-12(11)16-17;2*1-13(2,3)17(15,14(4,5)6)16-12-10-8-7-9-11-12;1-6-4-2-3-5-7(6)8;7-5-3-1-2-4-6(5)8;7*1-2;;;;;;;;;;/h7-10H,1-6H3;2*7-11,15H,1-6H3;2-5,8H,1H3;1-4,7-8H;5*1-2H3;2*1H3;7*1H;;;/q;;;;;;;;;;;;;;;;;;;2*+2;+3/p-7. The Morgan fingerprint density at radius 3 is 0.725 bits per heavy atom. The summed E-state index contributed by atoms with van der Waals surface area (Å²) in [6.07, 6.45) is 0. The van der Waals surface area contributed by atoms with Crippen molar-refractivity contribution in [3.05, 3.63) is 139 Å². The molecular formula is C67H120I9O9Si3V3. The van der Waals surface area contributed by atoms with Crippen LogP contribution < -0.4 is 17.7 Å². The van der Waals surface area contributed by atoms with Gasteiger partial charge in [0, 0.05) is 30.2 Å². The molecule has 532 valence electrons. The first-order chi connectivity index (χ1) is 42.0. The van der Waals surface area contributed by atoms with Gasteiger partial charge in [0.15, 0.2) is 11.5 Å². The maximum absolute atomic E-state index is 11.1. The average Bonchev–Trinajstić information content (AvgIpc) is 1.73. The van der Waals surface area contributed by atoms with Crippen molar-refractivity contribution in [2.75, 3.05) is 9.86 Å². The van der Waals surface area contributed by atoms with Crippen LogP contribution in [0.25, 0.3) is 0 Å². The number of hydrogen-bond acceptors (Lipinski definition) is 9. The summed E-state index contributed by atoms with van der Waals surface area (Å²) in [6.45, 7) is 59.8. The van der Waals surface area contributed by atoms with E-state index in [1.807, 2.05) is 272 Å². The number of phenolic OH excluding ortho intramolecular Hbond substituents is 3. The Balaban J connectivity index is -0.000000123. The number of rotatable bonds is 4. The van der Waals surface area contributed by atoms with Crippen LogP contribution in [-0.2, 0) is 23.9 Å². The molecule has 1 aliphatic rings. The monoisotopic (exact) mass is 2450 g/mol. The van der Waals surface area contributed by atoms with E-state index < -0.39 is 25.7 Å². The van der Waals surface area contributed by atoms with E-state index in [1.165, 1.54) is 12.1 Å². The normalized spacial score (nSPS) is 11.2. The molecule has 0 bridgehead atoms. The third-order valence-electron chi connectivity index (χ3n) is 11.4. The van der Waals surface area contributed by atoms with Gasteiger partial charge in [-0.3, -0.25) is 0 Å². The van der Waals surface area contributed by atoms with Crippen LogP contribution in [0.15, 0.2) is 133 Å². The Hall–Kier alpha value is 3.59. The third-order valence-corrected chi connectivity index (χ3v) is 25.6. The van der Waals surface area contributed by atoms with Crippen LogP contribution in [0, 0.1) is 6.92 Å². The minimum absolute atomic E-state index is 0.0320. The van der Waals surface area contributed by atoms with Crippen LogP contribution in [0.4, 0.5) is 0 Å². The Bertz CT molecular complexity index is 2160. The molecule has 0 saturated heterocycles. The van der Waals surface area contributed by atoms with Crippen LogP contribution in [0.1, 0.15) is 199 Å². The number of fused-ring (bicyclic) bond motifs is 1. The summed E-state index contributed by atoms with van der Waals surface area (Å²) in [5, 5.41) is 25.4. The molecule has 24 heteroatoms. The molecular weight excluding hydrogens is 2330 g/mol. The van der Waals surface area contributed by atoms with Crippen molar-refractivity contribution in [1.29, 1.82) is 0 Å². The number of aromatic hydroxyl groups is 3. The first kappa shape index (κ1) is 113. The Morgan fingerprint density at radius 2 is 0.560 bits per heavy atom. The summed E-state index contributed by atoms with van der Waals surface area (Å²) in [4.78, 5) is 25.8. The number of alkyl halides is 2. The quantitative estimate of drug-likeness (QED) is 0.0515. The van der Waals surface area contributed by atoms with E-state index in [1.54, 1.807) is 18.2 Å². The van der Waals surface area contributed by atoms with E-state index in [-0.39, 0.29) is 46.6 Å². The van der Waals surface area contributed by atoms with Crippen molar-refractivity contribution in [2.45, 2.75) is 231 Å². The van der Waals surface area contributed by atoms with Crippen molar-refractivity contribution < 1.29 is 66.5 Å². The molecule has 0 fully saturated rings. The molecule has 5 aromatic carbocycles. The van der Waals surface area contributed by atoms with Gasteiger partial charge in [-0.25, -0.2) is 0 Å². The topological polar surface area (TPSA) is 138 Å². The van der Waals surface area contributed by atoms with E-state index in [0.29, 0.717) is 24.7 Å². The van der Waals surface area contributed by atoms with Crippen LogP contribution in [-0.4, -0.2) is 60.5 Å². The second kappa shape index (κ2) is 63.3. The predicted molar refractivity (Wildman–Crippen MR) is 479 cm³/mol. The van der Waals surface area contributed by atoms with Gasteiger partial charge >= 0.3 is 189 Å². The van der Waals surface area contributed by atoms with E-state index in [0.717, 1.165) is 28.6 Å². The summed E-state index contributed by atoms with van der Waals surface area (Å²) in [5.74, 6) is 3.54. The number of hydrogen-bond donors (Lipinski definition) is 5. The molecule has 0 radical (unpaired) electrons. The molecule has 0 atom stereocenters. The number of para-hydroxylation sites is 7. The Morgan fingerprint density at radius 1 is 0.374 bits per heavy atom. The summed E-state index contributed by atoms with van der Waals surface area (Å²) in [5.41, 5.74) is 0.924. The average molecular weight is 2450 g/mol. The summed E-state index contributed by atoms with van der Waals surface area (Å²) < 4.78 is 24.7. The molecule has 5 N–H and O–H groups in total. The molecule has 91 heavy (non-hydrogen) atoms. The third kappa shape index (κ3) is 49.0. The maximum atomic E-state index is 11.1. The molecule has 0 unspecified atom stereocenters. The molecule has 5 aromatic rings. The van der Waals surface area contributed by atoms with Gasteiger partial charge in [-0.2, -0.15) is 0 Å². The number of halogens is 9. The molecule has 0 aliphatic carbocycles. The van der Waals surface area contributed by atoms with Crippen molar-refractivity contribution in [3.8, 4) is 40.2 Å². The summed E-state index contributed by atoms with van der Waals surface area (Å²) in [7, 11) is -6.87. The van der Waals surface area contributed by atoms with Gasteiger partial charge in [-0.1, -0.05) is 318 Å². The first-order valence-corrected chi connectivity index (χ1v) is 71.4. The molecule has 6 rings (SSSR count). The minimum atomic E-state index is -2.89. The second-order valence-electron chi connectivity index (χ2n) is 23.5. The van der Waals surface area contributed by atoms with Crippen molar-refractivity contribution in [3.63, 3.8) is 0 Å². The fourth-order valence-electron chi connectivity index (χ4n) is 7.89. The molecule has 9 nitrogen and oxygen atoms in total. The Labute approximate surface area is 685 Å². The summed E-state index contributed by atoms with van der Waals surface area (Å²) in [6, 6.07) is 40.6. The molecule has 1 heterocycles. The van der Waals surface area contributed by atoms with Gasteiger partial charge < -0.3 is 42.6 Å². The zero-order valence-electron chi connectivity index (χ0n) is 60.8. The van der Waals surface area contributed by atoms with Crippen molar-refractivity contribution in [2.24, 2.45) is 0 Å². The van der Waals surface area contributed by atoms with Gasteiger partial charge in [0.25, 0.3) is 0 Å². The van der Waals surface area contributed by atoms with Crippen LogP contribution in [0.5, 0.6) is 40.2 Å². The van der Waals surface area contributed by atoms with E-state index in [2.05, 4.69) is 227 Å². The zero-order valence-corrected chi connectivity index (χ0v) is 87.4. The molecule has 0 aromatic heterocycles. The SMILES string of the molecule is CC.CC.CC.CC.CC.CC(C)(C)[Si](O)(Oc1ccccc1)C(C)(C)C.CC(C)(C)[Si](O)(Oc1ccccc1)C(C)(C)C.CC(C)(C)[Si]1(C(C)(C)C)Oc2ccccc2O1.CI.CI.Cc1ccccc1O.Oc1ccccc1O.[I][V]([I])[I].[I][V][I].[I][V][I]. The summed E-state index contributed by atoms with van der Waals surface area (Å²) >= 11 is 21.2. The van der Waals surface area contributed by atoms with E-state index >= 15 is 0 Å². The number of aryl methyl sites for hydroxylation is 1. The molecule has 0 saturated carbocycles. The number of phenols is 3. The van der Waals surface area contributed by atoms with Gasteiger partial charge in [-0.05, 0) is 76.9 Å². The van der Waals surface area contributed by atoms with E-state index in [4.69, 9.17) is 33.0 Å². The van der Waals surface area contributed by atoms with Crippen LogP contribution >= 0.6 is 185 Å². The predicted octanol–water partition coefficient (Wildman–Crippen LogP) is 28.9. The van der Waals surface area contributed by atoms with E-state index in [9.17, 15) is 9.59 Å². The molecule has 0 spiro atoms. The van der Waals surface area contributed by atoms with Gasteiger partial charge in [0.05, 0.1) is 0 Å². The fourth-order valence-corrected chi connectivity index (χ4v) is 19.0. The van der Waals surface area contributed by atoms with Crippen molar-refractivity contribution >= 4 is 211 Å². The van der Waals surface area contributed by atoms with Crippen LogP contribution in [0.3, 0.4) is 0 Å². The number of benzene rings is 5. The zero-order chi connectivity index (χ0) is 74.5. The van der Waals surface area contributed by atoms with Gasteiger partial charge in [0.1, 0.15) is 28.7 Å². The van der Waals surface area contributed by atoms with Crippen molar-refractivity contribution in [1.82, 2.24) is 0 Å². The van der Waals surface area contributed by atoms with Gasteiger partial charge in [-0.15, -0.1) is 0 Å². The molecule has 1 aliphatic heterocycles. The Kier molecular flexibility index (Phi) is 78.7.